The molecule has 158 valence electrons. The first-order chi connectivity index (χ1) is 14.5. The Morgan fingerprint density at radius 2 is 2.00 bits per heavy atom. The zero-order chi connectivity index (χ0) is 21.3. The zero-order valence-electron chi connectivity index (χ0n) is 16.5. The van der Waals surface area contributed by atoms with Crippen molar-refractivity contribution >= 4 is 34.2 Å². The summed E-state index contributed by atoms with van der Waals surface area (Å²) in [6, 6.07) is 7.13. The van der Waals surface area contributed by atoms with Crippen LogP contribution in [0.15, 0.2) is 24.3 Å². The quantitative estimate of drug-likeness (QED) is 0.770. The number of benzene rings is 1. The third-order valence-corrected chi connectivity index (χ3v) is 6.11. The number of nitrogens with zero attached hydrogens (tertiary/aromatic N) is 1. The van der Waals surface area contributed by atoms with E-state index in [-0.39, 0.29) is 12.5 Å². The van der Waals surface area contributed by atoms with Gasteiger partial charge >= 0.3 is 6.09 Å². The van der Waals surface area contributed by atoms with Gasteiger partial charge in [0.25, 0.3) is 11.8 Å². The fraction of sp³-hybridized carbons (Fsp3) is 0.350. The molecule has 1 atom stereocenters. The highest BCUT2D eigenvalue weighted by atomic mass is 32.1. The molecular formula is C20H21N3O6S. The van der Waals surface area contributed by atoms with Crippen LogP contribution in [-0.4, -0.2) is 56.2 Å². The highest BCUT2D eigenvalue weighted by Gasteiger charge is 2.33. The first-order valence-electron chi connectivity index (χ1n) is 9.40. The molecule has 0 aliphatic carbocycles. The third-order valence-electron chi connectivity index (χ3n) is 4.98. The maximum Gasteiger partial charge on any atom is 0.409 e. The summed E-state index contributed by atoms with van der Waals surface area (Å²) >= 11 is 1.28. The van der Waals surface area contributed by atoms with E-state index >= 15 is 0 Å². The number of methoxy groups -OCH3 is 1. The minimum absolute atomic E-state index is 0.0688. The van der Waals surface area contributed by atoms with Crippen molar-refractivity contribution in [1.29, 1.82) is 0 Å². The highest BCUT2D eigenvalue weighted by Crippen LogP contribution is 2.38. The van der Waals surface area contributed by atoms with Crippen LogP contribution in [0.3, 0.4) is 0 Å². The van der Waals surface area contributed by atoms with Crippen molar-refractivity contribution in [1.82, 2.24) is 10.2 Å². The van der Waals surface area contributed by atoms with E-state index in [0.29, 0.717) is 41.6 Å². The van der Waals surface area contributed by atoms with Gasteiger partial charge in [-0.2, -0.15) is 0 Å². The predicted octanol–water partition coefficient (Wildman–Crippen LogP) is 2.01. The minimum atomic E-state index is -0.844. The number of carbonyl (C=O) groups is 3. The number of thiophene rings is 1. The summed E-state index contributed by atoms with van der Waals surface area (Å²) in [4.78, 5) is 39.7. The van der Waals surface area contributed by atoms with Crippen LogP contribution in [-0.2, 0) is 22.5 Å². The number of para-hydroxylation sites is 2. The summed E-state index contributed by atoms with van der Waals surface area (Å²) < 4.78 is 16.2. The van der Waals surface area contributed by atoms with Crippen LogP contribution in [0.1, 0.15) is 20.8 Å². The smallest absolute Gasteiger partial charge is 0.409 e. The van der Waals surface area contributed by atoms with E-state index < -0.39 is 18.1 Å². The lowest BCUT2D eigenvalue weighted by Crippen LogP contribution is -2.40. The van der Waals surface area contributed by atoms with E-state index in [1.54, 1.807) is 23.1 Å². The normalized spacial score (nSPS) is 17.0. The van der Waals surface area contributed by atoms with Crippen LogP contribution in [0.5, 0.6) is 11.5 Å². The Labute approximate surface area is 176 Å². The molecule has 1 unspecified atom stereocenters. The standard InChI is InChI=1S/C20H21N3O6S/c1-21-18(25)16-11-7-8-23(20(26)27-2)9-15(11)30-19(16)22-17(24)14-10-28-12-5-3-4-6-13(12)29-14/h3-6,14H,7-10H2,1-2H3,(H,21,25)(H,22,24). The first-order valence-corrected chi connectivity index (χ1v) is 10.2. The van der Waals surface area contributed by atoms with Gasteiger partial charge in [-0.3, -0.25) is 9.59 Å². The molecule has 2 N–H and O–H groups in total. The van der Waals surface area contributed by atoms with Crippen LogP contribution in [0.4, 0.5) is 9.80 Å². The van der Waals surface area contributed by atoms with E-state index in [0.717, 1.165) is 10.4 Å². The SMILES string of the molecule is CNC(=O)c1c(NC(=O)C2COc3ccccc3O2)sc2c1CCN(C(=O)OC)C2. The minimum Gasteiger partial charge on any atom is -0.485 e. The number of nitrogens with one attached hydrogen (secondary N) is 2. The van der Waals surface area contributed by atoms with Crippen LogP contribution in [0.2, 0.25) is 0 Å². The van der Waals surface area contributed by atoms with Crippen LogP contribution < -0.4 is 20.1 Å². The fourth-order valence-corrected chi connectivity index (χ4v) is 4.75. The molecule has 3 heterocycles. The van der Waals surface area contributed by atoms with Gasteiger partial charge in [0, 0.05) is 18.5 Å². The van der Waals surface area contributed by atoms with E-state index in [9.17, 15) is 14.4 Å². The Morgan fingerprint density at radius 3 is 2.73 bits per heavy atom. The largest absolute Gasteiger partial charge is 0.485 e. The second-order valence-electron chi connectivity index (χ2n) is 6.78. The van der Waals surface area contributed by atoms with Gasteiger partial charge in [-0.1, -0.05) is 12.1 Å². The molecule has 3 amide bonds. The van der Waals surface area contributed by atoms with Crippen molar-refractivity contribution in [3.05, 3.63) is 40.3 Å². The average molecular weight is 431 g/mol. The molecular weight excluding hydrogens is 410 g/mol. The van der Waals surface area contributed by atoms with E-state index in [2.05, 4.69) is 10.6 Å². The fourth-order valence-electron chi connectivity index (χ4n) is 3.48. The predicted molar refractivity (Wildman–Crippen MR) is 109 cm³/mol. The number of amides is 3. The average Bonchev–Trinajstić information content (AvgIpc) is 3.14. The first kappa shape index (κ1) is 20.0. The Kier molecular flexibility index (Phi) is 5.49. The van der Waals surface area contributed by atoms with Crippen LogP contribution >= 0.6 is 11.3 Å². The van der Waals surface area contributed by atoms with Crippen LogP contribution in [0, 0.1) is 0 Å². The molecule has 30 heavy (non-hydrogen) atoms. The lowest BCUT2D eigenvalue weighted by molar-refractivity contribution is -0.125. The monoisotopic (exact) mass is 431 g/mol. The Hall–Kier alpha value is -3.27. The van der Waals surface area contributed by atoms with Gasteiger partial charge in [0.05, 0.1) is 19.2 Å². The molecule has 4 rings (SSSR count). The number of rotatable bonds is 3. The number of hydrogen-bond donors (Lipinski definition) is 2. The molecule has 0 saturated carbocycles. The van der Waals surface area contributed by atoms with Gasteiger partial charge in [0.15, 0.2) is 11.5 Å². The maximum absolute atomic E-state index is 12.8. The van der Waals surface area contributed by atoms with Gasteiger partial charge < -0.3 is 29.7 Å². The van der Waals surface area contributed by atoms with Crippen LogP contribution in [0.25, 0.3) is 0 Å². The molecule has 2 aromatic rings. The summed E-state index contributed by atoms with van der Waals surface area (Å²) in [7, 11) is 2.87. The molecule has 1 aromatic heterocycles. The summed E-state index contributed by atoms with van der Waals surface area (Å²) in [5.41, 5.74) is 1.26. The van der Waals surface area contributed by atoms with E-state index in [4.69, 9.17) is 14.2 Å². The number of ether oxygens (including phenoxy) is 3. The molecule has 0 radical (unpaired) electrons. The number of hydrogen-bond acceptors (Lipinski definition) is 7. The summed E-state index contributed by atoms with van der Waals surface area (Å²) in [5, 5.41) is 5.87. The Balaban J connectivity index is 1.57. The highest BCUT2D eigenvalue weighted by molar-refractivity contribution is 7.17. The molecule has 0 fully saturated rings. The van der Waals surface area contributed by atoms with E-state index in [1.165, 1.54) is 25.5 Å². The number of carbonyl (C=O) groups excluding carboxylic acids is 3. The number of fused-ring (bicyclic) bond motifs is 2. The molecule has 0 saturated heterocycles. The molecule has 10 heteroatoms. The lowest BCUT2D eigenvalue weighted by atomic mass is 10.0. The van der Waals surface area contributed by atoms with Gasteiger partial charge in [-0.15, -0.1) is 11.3 Å². The second-order valence-corrected chi connectivity index (χ2v) is 7.89. The maximum atomic E-state index is 12.8. The van der Waals surface area contributed by atoms with Gasteiger partial charge in [-0.05, 0) is 24.1 Å². The molecule has 9 nitrogen and oxygen atoms in total. The molecule has 0 spiro atoms. The van der Waals surface area contributed by atoms with Crippen molar-refractivity contribution in [2.75, 3.05) is 32.6 Å². The van der Waals surface area contributed by atoms with Crippen molar-refractivity contribution in [2.45, 2.75) is 19.1 Å². The zero-order valence-corrected chi connectivity index (χ0v) is 17.3. The molecule has 1 aromatic carbocycles. The second kappa shape index (κ2) is 8.23. The molecule has 0 bridgehead atoms. The van der Waals surface area contributed by atoms with Crippen molar-refractivity contribution < 1.29 is 28.6 Å². The van der Waals surface area contributed by atoms with Crippen molar-refractivity contribution in [3.8, 4) is 11.5 Å². The summed E-state index contributed by atoms with van der Waals surface area (Å²) in [5.74, 6) is 0.385. The molecule has 2 aliphatic rings. The number of anilines is 1. The van der Waals surface area contributed by atoms with Gasteiger partial charge in [0.2, 0.25) is 6.10 Å². The summed E-state index contributed by atoms with van der Waals surface area (Å²) in [6.45, 7) is 0.826. The Morgan fingerprint density at radius 1 is 1.23 bits per heavy atom. The third kappa shape index (κ3) is 3.65. The van der Waals surface area contributed by atoms with Crippen molar-refractivity contribution in [2.24, 2.45) is 0 Å². The van der Waals surface area contributed by atoms with Crippen molar-refractivity contribution in [3.63, 3.8) is 0 Å². The molecule has 2 aliphatic heterocycles. The van der Waals surface area contributed by atoms with Gasteiger partial charge in [-0.25, -0.2) is 4.79 Å². The van der Waals surface area contributed by atoms with E-state index in [1.807, 2.05) is 6.07 Å². The Bertz CT molecular complexity index is 1000. The topological polar surface area (TPSA) is 106 Å². The lowest BCUT2D eigenvalue weighted by Gasteiger charge is -2.25. The van der Waals surface area contributed by atoms with Gasteiger partial charge in [0.1, 0.15) is 11.6 Å². The summed E-state index contributed by atoms with van der Waals surface area (Å²) in [6.07, 6.45) is -0.772.